The lowest BCUT2D eigenvalue weighted by molar-refractivity contribution is -0.137. The van der Waals surface area contributed by atoms with Crippen molar-refractivity contribution in [3.05, 3.63) is 0 Å². The molecule has 0 aromatic carbocycles. The van der Waals surface area contributed by atoms with E-state index in [-0.39, 0.29) is 24.8 Å². The molecule has 20 heavy (non-hydrogen) atoms. The lowest BCUT2D eigenvalue weighted by atomic mass is 9.75. The molecule has 0 saturated heterocycles. The summed E-state index contributed by atoms with van der Waals surface area (Å²) in [5.41, 5.74) is 0.00367. The Kier molecular flexibility index (Phi) is 5.94. The quantitative estimate of drug-likeness (QED) is 0.634. The Bertz CT molecular complexity index is 378. The summed E-state index contributed by atoms with van der Waals surface area (Å²) in [6, 6.07) is -0.515. The zero-order chi connectivity index (χ0) is 15.2. The number of rotatable bonds is 7. The molecule has 1 aliphatic carbocycles. The molecule has 0 unspecified atom stereocenters. The predicted molar refractivity (Wildman–Crippen MR) is 73.3 cm³/mol. The predicted octanol–water partition coefficient (Wildman–Crippen LogP) is 0.551. The third-order valence-corrected chi connectivity index (χ3v) is 3.86. The number of nitrogens with one attached hydrogen (secondary N) is 2. The molecule has 114 valence electrons. The largest absolute Gasteiger partial charge is 0.481 e. The summed E-state index contributed by atoms with van der Waals surface area (Å²) >= 11 is 0. The number of carbonyl (C=O) groups excluding carboxylic acids is 2. The Morgan fingerprint density at radius 3 is 2.30 bits per heavy atom. The van der Waals surface area contributed by atoms with Gasteiger partial charge in [-0.1, -0.05) is 0 Å². The number of likely N-dealkylation sites (N-methyl/N-ethyl adjacent to an activating group) is 1. The fourth-order valence-corrected chi connectivity index (χ4v) is 2.25. The average Bonchev–Trinajstić information content (AvgIpc) is 2.26. The number of urea groups is 1. The summed E-state index contributed by atoms with van der Waals surface area (Å²) in [6.45, 7) is 0.508. The van der Waals surface area contributed by atoms with E-state index < -0.39 is 17.9 Å². The molecule has 0 heterocycles. The van der Waals surface area contributed by atoms with Gasteiger partial charge in [-0.3, -0.25) is 14.9 Å². The SMILES string of the molecule is CN(C)C1(CNC(=O)NC(=O)CCCC(=O)O)CCC1. The molecule has 3 N–H and O–H groups in total. The van der Waals surface area contributed by atoms with Gasteiger partial charge in [-0.25, -0.2) is 4.79 Å². The zero-order valence-electron chi connectivity index (χ0n) is 12.1. The minimum atomic E-state index is -0.944. The Hall–Kier alpha value is -1.63. The number of carboxylic acid groups (broad SMARTS) is 1. The van der Waals surface area contributed by atoms with Crippen molar-refractivity contribution in [1.29, 1.82) is 0 Å². The van der Waals surface area contributed by atoms with Crippen molar-refractivity contribution in [2.45, 2.75) is 44.1 Å². The van der Waals surface area contributed by atoms with Gasteiger partial charge < -0.3 is 15.3 Å². The van der Waals surface area contributed by atoms with Crippen molar-refractivity contribution in [3.63, 3.8) is 0 Å². The molecule has 0 radical (unpaired) electrons. The molecule has 1 fully saturated rings. The molecule has 0 spiro atoms. The highest BCUT2D eigenvalue weighted by Crippen LogP contribution is 2.35. The van der Waals surface area contributed by atoms with E-state index in [0.717, 1.165) is 19.3 Å². The summed E-state index contributed by atoms with van der Waals surface area (Å²) in [5.74, 6) is -1.39. The van der Waals surface area contributed by atoms with E-state index in [9.17, 15) is 14.4 Å². The van der Waals surface area contributed by atoms with Gasteiger partial charge in [0.15, 0.2) is 0 Å². The Labute approximate surface area is 118 Å². The molecule has 0 aromatic rings. The molecule has 7 heteroatoms. The van der Waals surface area contributed by atoms with Crippen LogP contribution in [-0.4, -0.2) is 54.1 Å². The zero-order valence-corrected chi connectivity index (χ0v) is 12.1. The lowest BCUT2D eigenvalue weighted by Gasteiger charge is -2.47. The molecule has 0 bridgehead atoms. The number of aliphatic carboxylic acids is 1. The van der Waals surface area contributed by atoms with E-state index in [0.29, 0.717) is 6.54 Å². The summed E-state index contributed by atoms with van der Waals surface area (Å²) in [4.78, 5) is 35.4. The molecular weight excluding hydrogens is 262 g/mol. The number of hydrogen-bond acceptors (Lipinski definition) is 4. The molecule has 1 aliphatic rings. The fourth-order valence-electron chi connectivity index (χ4n) is 2.25. The third-order valence-electron chi connectivity index (χ3n) is 3.86. The van der Waals surface area contributed by atoms with Crippen molar-refractivity contribution < 1.29 is 19.5 Å². The van der Waals surface area contributed by atoms with Crippen LogP contribution in [0.3, 0.4) is 0 Å². The standard InChI is InChI=1S/C13H23N3O4/c1-16(2)13(7-4-8-13)9-14-12(20)15-10(17)5-3-6-11(18)19/h3-9H2,1-2H3,(H,18,19)(H2,14,15,17,20). The second kappa shape index (κ2) is 7.23. The normalized spacial score (nSPS) is 16.4. The van der Waals surface area contributed by atoms with E-state index in [1.807, 2.05) is 14.1 Å². The van der Waals surface area contributed by atoms with Crippen LogP contribution in [0.2, 0.25) is 0 Å². The second-order valence-corrected chi connectivity index (χ2v) is 5.45. The Balaban J connectivity index is 2.23. The first-order valence-corrected chi connectivity index (χ1v) is 6.83. The van der Waals surface area contributed by atoms with Gasteiger partial charge in [0.05, 0.1) is 0 Å². The van der Waals surface area contributed by atoms with Crippen LogP contribution in [0.25, 0.3) is 0 Å². The minimum absolute atomic E-state index is 0.00367. The molecular formula is C13H23N3O4. The van der Waals surface area contributed by atoms with E-state index in [1.165, 1.54) is 0 Å². The molecule has 1 rings (SSSR count). The number of carboxylic acids is 1. The van der Waals surface area contributed by atoms with Crippen molar-refractivity contribution in [2.75, 3.05) is 20.6 Å². The first-order chi connectivity index (χ1) is 9.35. The molecule has 0 aliphatic heterocycles. The second-order valence-electron chi connectivity index (χ2n) is 5.45. The van der Waals surface area contributed by atoms with Gasteiger partial charge in [-0.05, 0) is 39.8 Å². The number of nitrogens with zero attached hydrogens (tertiary/aromatic N) is 1. The highest BCUT2D eigenvalue weighted by atomic mass is 16.4. The van der Waals surface area contributed by atoms with Gasteiger partial charge >= 0.3 is 12.0 Å². The van der Waals surface area contributed by atoms with E-state index in [4.69, 9.17) is 5.11 Å². The van der Waals surface area contributed by atoms with Crippen LogP contribution in [-0.2, 0) is 9.59 Å². The summed E-state index contributed by atoms with van der Waals surface area (Å²) in [7, 11) is 3.96. The fraction of sp³-hybridized carbons (Fsp3) is 0.769. The third kappa shape index (κ3) is 4.80. The molecule has 3 amide bonds. The first kappa shape index (κ1) is 16.4. The summed E-state index contributed by atoms with van der Waals surface area (Å²) in [6.07, 6.45) is 3.42. The van der Waals surface area contributed by atoms with Crippen molar-refractivity contribution in [3.8, 4) is 0 Å². The van der Waals surface area contributed by atoms with E-state index in [1.54, 1.807) is 0 Å². The molecule has 1 saturated carbocycles. The highest BCUT2D eigenvalue weighted by molar-refractivity contribution is 5.94. The maximum atomic E-state index is 11.6. The van der Waals surface area contributed by atoms with Crippen LogP contribution in [0.4, 0.5) is 4.79 Å². The van der Waals surface area contributed by atoms with Crippen LogP contribution in [0.5, 0.6) is 0 Å². The summed E-state index contributed by atoms with van der Waals surface area (Å²) in [5, 5.41) is 13.4. The number of hydrogen-bond donors (Lipinski definition) is 3. The van der Waals surface area contributed by atoms with Crippen molar-refractivity contribution in [1.82, 2.24) is 15.5 Å². The van der Waals surface area contributed by atoms with E-state index >= 15 is 0 Å². The smallest absolute Gasteiger partial charge is 0.321 e. The van der Waals surface area contributed by atoms with Gasteiger partial charge in [0.2, 0.25) is 5.91 Å². The Morgan fingerprint density at radius 2 is 1.85 bits per heavy atom. The maximum absolute atomic E-state index is 11.6. The van der Waals surface area contributed by atoms with E-state index in [2.05, 4.69) is 15.5 Å². The van der Waals surface area contributed by atoms with Crippen molar-refractivity contribution in [2.24, 2.45) is 0 Å². The molecule has 0 atom stereocenters. The monoisotopic (exact) mass is 285 g/mol. The van der Waals surface area contributed by atoms with Gasteiger partial charge in [-0.2, -0.15) is 0 Å². The van der Waals surface area contributed by atoms with Crippen LogP contribution in [0, 0.1) is 0 Å². The topological polar surface area (TPSA) is 98.7 Å². The average molecular weight is 285 g/mol. The summed E-state index contributed by atoms with van der Waals surface area (Å²) < 4.78 is 0. The highest BCUT2D eigenvalue weighted by Gasteiger charge is 2.39. The molecule has 0 aromatic heterocycles. The van der Waals surface area contributed by atoms with Crippen LogP contribution in [0.15, 0.2) is 0 Å². The number of carbonyl (C=O) groups is 3. The first-order valence-electron chi connectivity index (χ1n) is 6.83. The minimum Gasteiger partial charge on any atom is -0.481 e. The van der Waals surface area contributed by atoms with Gasteiger partial charge in [0, 0.05) is 24.9 Å². The van der Waals surface area contributed by atoms with Crippen LogP contribution < -0.4 is 10.6 Å². The lowest BCUT2D eigenvalue weighted by Crippen LogP contribution is -2.58. The van der Waals surface area contributed by atoms with Crippen molar-refractivity contribution >= 4 is 17.9 Å². The van der Waals surface area contributed by atoms with Gasteiger partial charge in [0.1, 0.15) is 0 Å². The maximum Gasteiger partial charge on any atom is 0.321 e. The Morgan fingerprint density at radius 1 is 1.20 bits per heavy atom. The van der Waals surface area contributed by atoms with Crippen LogP contribution >= 0.6 is 0 Å². The molecule has 7 nitrogen and oxygen atoms in total. The van der Waals surface area contributed by atoms with Gasteiger partial charge in [0.25, 0.3) is 0 Å². The van der Waals surface area contributed by atoms with Crippen LogP contribution in [0.1, 0.15) is 38.5 Å². The number of amides is 3. The number of imide groups is 1. The van der Waals surface area contributed by atoms with Gasteiger partial charge in [-0.15, -0.1) is 0 Å².